The number of rotatable bonds is 9. The van der Waals surface area contributed by atoms with Crippen molar-refractivity contribution in [2.75, 3.05) is 0 Å². The Morgan fingerprint density at radius 3 is 2.30 bits per heavy atom. The van der Waals surface area contributed by atoms with Gasteiger partial charge >= 0.3 is 5.97 Å². The maximum atomic E-state index is 11.8. The SMILES string of the molecule is C[C@H](NC(=O)[C@@H](O)[C@H](N)Cc1ccc(OCc2ccccc2)cc1)C(=O)O. The van der Waals surface area contributed by atoms with Gasteiger partial charge in [-0.1, -0.05) is 42.5 Å². The van der Waals surface area contributed by atoms with E-state index in [-0.39, 0.29) is 6.42 Å². The predicted octanol–water partition coefficient (Wildman–Crippen LogP) is 1.09. The maximum absolute atomic E-state index is 11.8. The molecular formula is C20H24N2O5. The molecule has 2 rings (SSSR count). The van der Waals surface area contributed by atoms with Crippen molar-refractivity contribution in [1.29, 1.82) is 0 Å². The summed E-state index contributed by atoms with van der Waals surface area (Å²) in [5.74, 6) is -1.29. The number of hydrogen-bond donors (Lipinski definition) is 4. The van der Waals surface area contributed by atoms with Gasteiger partial charge in [0.05, 0.1) is 0 Å². The number of carboxylic acid groups (broad SMARTS) is 1. The highest BCUT2D eigenvalue weighted by molar-refractivity contribution is 5.86. The van der Waals surface area contributed by atoms with Crippen LogP contribution < -0.4 is 15.8 Å². The van der Waals surface area contributed by atoms with Crippen LogP contribution in [0.2, 0.25) is 0 Å². The van der Waals surface area contributed by atoms with Gasteiger partial charge in [0.1, 0.15) is 24.5 Å². The molecule has 7 heteroatoms. The summed E-state index contributed by atoms with van der Waals surface area (Å²) in [6, 6.07) is 15.0. The van der Waals surface area contributed by atoms with Gasteiger partial charge in [-0.25, -0.2) is 0 Å². The number of carbonyl (C=O) groups is 2. The largest absolute Gasteiger partial charge is 0.489 e. The molecule has 5 N–H and O–H groups in total. The number of aliphatic hydroxyl groups excluding tert-OH is 1. The van der Waals surface area contributed by atoms with Crippen molar-refractivity contribution in [2.24, 2.45) is 5.73 Å². The number of aliphatic carboxylic acids is 1. The molecule has 0 bridgehead atoms. The summed E-state index contributed by atoms with van der Waals surface area (Å²) >= 11 is 0. The van der Waals surface area contributed by atoms with E-state index in [2.05, 4.69) is 5.32 Å². The van der Waals surface area contributed by atoms with Gasteiger partial charge in [-0.3, -0.25) is 9.59 Å². The van der Waals surface area contributed by atoms with E-state index in [1.165, 1.54) is 6.92 Å². The molecule has 0 saturated carbocycles. The Morgan fingerprint density at radius 2 is 1.70 bits per heavy atom. The Labute approximate surface area is 157 Å². The van der Waals surface area contributed by atoms with Gasteiger partial charge in [-0.15, -0.1) is 0 Å². The number of amides is 1. The third-order valence-corrected chi connectivity index (χ3v) is 4.05. The van der Waals surface area contributed by atoms with Crippen LogP contribution in [0.5, 0.6) is 5.75 Å². The summed E-state index contributed by atoms with van der Waals surface area (Å²) in [7, 11) is 0. The van der Waals surface area contributed by atoms with E-state index in [9.17, 15) is 14.7 Å². The van der Waals surface area contributed by atoms with Crippen molar-refractivity contribution in [3.05, 3.63) is 65.7 Å². The predicted molar refractivity (Wildman–Crippen MR) is 100 cm³/mol. The van der Waals surface area contributed by atoms with Crippen molar-refractivity contribution in [3.63, 3.8) is 0 Å². The Balaban J connectivity index is 1.85. The van der Waals surface area contributed by atoms with Crippen LogP contribution in [0.25, 0.3) is 0 Å². The number of nitrogens with two attached hydrogens (primary N) is 1. The van der Waals surface area contributed by atoms with Crippen molar-refractivity contribution in [2.45, 2.75) is 38.1 Å². The monoisotopic (exact) mass is 372 g/mol. The standard InChI is InChI=1S/C20H24N2O5/c1-13(20(25)26)22-19(24)18(23)17(21)11-14-7-9-16(10-8-14)27-12-15-5-3-2-4-6-15/h2-10,13,17-18,23H,11-12,21H2,1H3,(H,22,24)(H,25,26)/t13-,17+,18-/m0/s1. The lowest BCUT2D eigenvalue weighted by Crippen LogP contribution is -2.51. The molecular weight excluding hydrogens is 348 g/mol. The van der Waals surface area contributed by atoms with Gasteiger partial charge in [0.25, 0.3) is 5.91 Å². The summed E-state index contributed by atoms with van der Waals surface area (Å²) in [5, 5.41) is 21.0. The molecule has 0 aliphatic carbocycles. The Morgan fingerprint density at radius 1 is 1.07 bits per heavy atom. The van der Waals surface area contributed by atoms with Gasteiger partial charge in [-0.05, 0) is 36.6 Å². The van der Waals surface area contributed by atoms with Crippen molar-refractivity contribution in [3.8, 4) is 5.75 Å². The third-order valence-electron chi connectivity index (χ3n) is 4.05. The maximum Gasteiger partial charge on any atom is 0.325 e. The molecule has 0 aliphatic heterocycles. The lowest BCUT2D eigenvalue weighted by Gasteiger charge is -2.20. The molecule has 144 valence electrons. The van der Waals surface area contributed by atoms with Crippen LogP contribution in [0.3, 0.4) is 0 Å². The highest BCUT2D eigenvalue weighted by atomic mass is 16.5. The van der Waals surface area contributed by atoms with Crippen LogP contribution in [0.15, 0.2) is 54.6 Å². The summed E-state index contributed by atoms with van der Waals surface area (Å²) in [4.78, 5) is 22.6. The Kier molecular flexibility index (Phi) is 7.34. The number of ether oxygens (including phenoxy) is 1. The quantitative estimate of drug-likeness (QED) is 0.523. The lowest BCUT2D eigenvalue weighted by atomic mass is 10.0. The highest BCUT2D eigenvalue weighted by Gasteiger charge is 2.25. The number of hydrogen-bond acceptors (Lipinski definition) is 5. The molecule has 0 saturated heterocycles. The summed E-state index contributed by atoms with van der Waals surface area (Å²) in [6.07, 6.45) is -1.24. The van der Waals surface area contributed by atoms with E-state index < -0.39 is 30.1 Å². The average Bonchev–Trinajstić information content (AvgIpc) is 2.67. The average molecular weight is 372 g/mol. The van der Waals surface area contributed by atoms with E-state index in [0.717, 1.165) is 11.1 Å². The van der Waals surface area contributed by atoms with Gasteiger partial charge in [0, 0.05) is 6.04 Å². The number of benzene rings is 2. The first-order chi connectivity index (χ1) is 12.9. The number of nitrogens with one attached hydrogen (secondary N) is 1. The summed E-state index contributed by atoms with van der Waals surface area (Å²) in [5.41, 5.74) is 7.78. The molecule has 0 heterocycles. The molecule has 0 aliphatic rings. The first-order valence-corrected chi connectivity index (χ1v) is 8.59. The minimum atomic E-state index is -1.50. The zero-order chi connectivity index (χ0) is 19.8. The van der Waals surface area contributed by atoms with Gasteiger partial charge in [0.2, 0.25) is 0 Å². The fourth-order valence-corrected chi connectivity index (χ4v) is 2.40. The minimum absolute atomic E-state index is 0.259. The second-order valence-electron chi connectivity index (χ2n) is 6.30. The van der Waals surface area contributed by atoms with E-state index in [1.807, 2.05) is 42.5 Å². The zero-order valence-electron chi connectivity index (χ0n) is 15.0. The first kappa shape index (κ1) is 20.4. The van der Waals surface area contributed by atoms with Gasteiger partial charge in [-0.2, -0.15) is 0 Å². The van der Waals surface area contributed by atoms with E-state index in [4.69, 9.17) is 15.6 Å². The molecule has 2 aromatic carbocycles. The molecule has 0 fully saturated rings. The van der Waals surface area contributed by atoms with Crippen molar-refractivity contribution < 1.29 is 24.5 Å². The summed E-state index contributed by atoms with van der Waals surface area (Å²) in [6.45, 7) is 1.77. The summed E-state index contributed by atoms with van der Waals surface area (Å²) < 4.78 is 5.70. The highest BCUT2D eigenvalue weighted by Crippen LogP contribution is 2.15. The molecule has 0 radical (unpaired) electrons. The molecule has 0 unspecified atom stereocenters. The van der Waals surface area contributed by atoms with Crippen molar-refractivity contribution >= 4 is 11.9 Å². The fraction of sp³-hybridized carbons (Fsp3) is 0.300. The van der Waals surface area contributed by atoms with E-state index in [1.54, 1.807) is 12.1 Å². The second kappa shape index (κ2) is 9.70. The van der Waals surface area contributed by atoms with Crippen LogP contribution in [-0.4, -0.2) is 40.3 Å². The smallest absolute Gasteiger partial charge is 0.325 e. The number of aliphatic hydroxyl groups is 1. The lowest BCUT2D eigenvalue weighted by molar-refractivity contribution is -0.143. The van der Waals surface area contributed by atoms with Crippen LogP contribution in [-0.2, 0) is 22.6 Å². The molecule has 0 aromatic heterocycles. The van der Waals surface area contributed by atoms with Crippen LogP contribution in [0.4, 0.5) is 0 Å². The number of carboxylic acids is 1. The Bertz CT molecular complexity index is 749. The van der Waals surface area contributed by atoms with Gasteiger partial charge < -0.3 is 26.0 Å². The molecule has 3 atom stereocenters. The number of carbonyl (C=O) groups excluding carboxylic acids is 1. The third kappa shape index (κ3) is 6.40. The van der Waals surface area contributed by atoms with E-state index >= 15 is 0 Å². The molecule has 1 amide bonds. The second-order valence-corrected chi connectivity index (χ2v) is 6.30. The topological polar surface area (TPSA) is 122 Å². The van der Waals surface area contributed by atoms with Crippen LogP contribution >= 0.6 is 0 Å². The normalized spacial score (nSPS) is 14.0. The zero-order valence-corrected chi connectivity index (χ0v) is 15.0. The van der Waals surface area contributed by atoms with Gasteiger partial charge in [0.15, 0.2) is 0 Å². The molecule has 0 spiro atoms. The molecule has 2 aromatic rings. The minimum Gasteiger partial charge on any atom is -0.489 e. The molecule has 27 heavy (non-hydrogen) atoms. The Hall–Kier alpha value is -2.90. The van der Waals surface area contributed by atoms with Crippen LogP contribution in [0, 0.1) is 0 Å². The van der Waals surface area contributed by atoms with Crippen LogP contribution in [0.1, 0.15) is 18.1 Å². The van der Waals surface area contributed by atoms with Crippen molar-refractivity contribution in [1.82, 2.24) is 5.32 Å². The molecule has 7 nitrogen and oxygen atoms in total. The first-order valence-electron chi connectivity index (χ1n) is 8.59. The fourth-order valence-electron chi connectivity index (χ4n) is 2.40. The van der Waals surface area contributed by atoms with E-state index in [0.29, 0.717) is 12.4 Å².